The van der Waals surface area contributed by atoms with Crippen LogP contribution in [0.1, 0.15) is 11.3 Å². The van der Waals surface area contributed by atoms with Crippen LogP contribution in [-0.2, 0) is 0 Å². The van der Waals surface area contributed by atoms with E-state index in [-0.39, 0.29) is 5.75 Å². The van der Waals surface area contributed by atoms with Gasteiger partial charge < -0.3 is 9.84 Å². The molecule has 0 radical (unpaired) electrons. The maximum Gasteiger partial charge on any atom is 0.222 e. The van der Waals surface area contributed by atoms with Gasteiger partial charge in [0.15, 0.2) is 23.4 Å². The third kappa shape index (κ3) is 1.80. The van der Waals surface area contributed by atoms with Crippen LogP contribution in [0.5, 0.6) is 11.5 Å². The van der Waals surface area contributed by atoms with E-state index < -0.39 is 0 Å². The van der Waals surface area contributed by atoms with Crippen LogP contribution < -0.4 is 9.14 Å². The number of aromatic nitrogens is 1. The molecule has 114 valence electrons. The first-order chi connectivity index (χ1) is 11.1. The first kappa shape index (κ1) is 13.8. The topological polar surface area (TPSA) is 33.6 Å². The van der Waals surface area contributed by atoms with Crippen molar-refractivity contribution in [1.82, 2.24) is 0 Å². The van der Waals surface area contributed by atoms with Gasteiger partial charge in [-0.05, 0) is 30.5 Å². The van der Waals surface area contributed by atoms with Crippen molar-refractivity contribution in [3.8, 4) is 11.5 Å². The molecule has 2 heterocycles. The van der Waals surface area contributed by atoms with Crippen molar-refractivity contribution in [3.05, 3.63) is 59.9 Å². The van der Waals surface area contributed by atoms with Crippen LogP contribution in [0.15, 0.2) is 48.7 Å². The number of hydrogen-bond acceptors (Lipinski definition) is 2. The molecule has 0 aliphatic carbocycles. The summed E-state index contributed by atoms with van der Waals surface area (Å²) < 4.78 is 7.42. The monoisotopic (exact) mass is 304 g/mol. The smallest absolute Gasteiger partial charge is 0.222 e. The van der Waals surface area contributed by atoms with Crippen LogP contribution in [0.25, 0.3) is 27.1 Å². The van der Waals surface area contributed by atoms with Gasteiger partial charge in [-0.3, -0.25) is 0 Å². The number of phenolic OH excluding ortho intramolecular Hbond substituents is 1. The zero-order valence-corrected chi connectivity index (χ0v) is 13.4. The first-order valence-corrected chi connectivity index (χ1v) is 7.65. The molecule has 2 aromatic carbocycles. The second kappa shape index (κ2) is 4.85. The summed E-state index contributed by atoms with van der Waals surface area (Å²) in [5.41, 5.74) is 3.33. The van der Waals surface area contributed by atoms with Gasteiger partial charge in [0.2, 0.25) is 5.52 Å². The standard InChI is InChI=1S/C20H17NO2/c1-12-15-8-9-17(23-3)20(22)18(15)13(2)21-11-10-14-6-4-5-7-16(14)19(12)21/h4-11H,1-3H3/p+1. The van der Waals surface area contributed by atoms with Gasteiger partial charge in [0.05, 0.1) is 17.9 Å². The minimum absolute atomic E-state index is 0.202. The molecular weight excluding hydrogens is 286 g/mol. The highest BCUT2D eigenvalue weighted by Crippen LogP contribution is 2.38. The molecule has 0 bridgehead atoms. The summed E-state index contributed by atoms with van der Waals surface area (Å²) >= 11 is 0. The van der Waals surface area contributed by atoms with Crippen molar-refractivity contribution in [1.29, 1.82) is 0 Å². The normalized spacial score (nSPS) is 11.4. The second-order valence-corrected chi connectivity index (χ2v) is 5.87. The summed E-state index contributed by atoms with van der Waals surface area (Å²) in [5, 5.41) is 14.9. The lowest BCUT2D eigenvalue weighted by molar-refractivity contribution is -0.517. The van der Waals surface area contributed by atoms with E-state index in [1.165, 1.54) is 16.3 Å². The number of fused-ring (bicyclic) bond motifs is 4. The fraction of sp³-hybridized carbons (Fsp3) is 0.150. The van der Waals surface area contributed by atoms with Crippen LogP contribution in [0, 0.1) is 13.8 Å². The predicted octanol–water partition coefficient (Wildman–Crippen LogP) is 4.06. The number of hydrogen-bond donors (Lipinski definition) is 1. The fourth-order valence-electron chi connectivity index (χ4n) is 3.54. The van der Waals surface area contributed by atoms with E-state index in [9.17, 15) is 5.11 Å². The number of rotatable bonds is 1. The van der Waals surface area contributed by atoms with E-state index in [2.05, 4.69) is 47.9 Å². The Morgan fingerprint density at radius 1 is 0.957 bits per heavy atom. The SMILES string of the molecule is COc1ccc2c(C)c3c4ccccc4cc[n+]3c(C)c2c1O. The van der Waals surface area contributed by atoms with Crippen molar-refractivity contribution in [2.75, 3.05) is 7.11 Å². The maximum atomic E-state index is 10.6. The summed E-state index contributed by atoms with van der Waals surface area (Å²) in [6, 6.07) is 14.3. The molecule has 1 N–H and O–H groups in total. The first-order valence-electron chi connectivity index (χ1n) is 7.65. The van der Waals surface area contributed by atoms with Gasteiger partial charge in [-0.1, -0.05) is 18.2 Å². The Kier molecular flexibility index (Phi) is 2.91. The summed E-state index contributed by atoms with van der Waals surface area (Å²) in [6.07, 6.45) is 2.07. The van der Waals surface area contributed by atoms with E-state index in [1.807, 2.05) is 19.1 Å². The molecule has 0 saturated heterocycles. The number of aromatic hydroxyl groups is 1. The molecule has 3 heteroatoms. The lowest BCUT2D eigenvalue weighted by atomic mass is 9.99. The van der Waals surface area contributed by atoms with Crippen LogP contribution in [0.2, 0.25) is 0 Å². The molecule has 4 aromatic rings. The van der Waals surface area contributed by atoms with Crippen LogP contribution in [0.3, 0.4) is 0 Å². The molecule has 2 aromatic heterocycles. The Hall–Kier alpha value is -2.81. The molecule has 0 fully saturated rings. The molecule has 0 amide bonds. The molecular formula is C20H18NO2+. The van der Waals surface area contributed by atoms with Gasteiger partial charge in [-0.25, -0.2) is 0 Å². The molecule has 0 unspecified atom stereocenters. The summed E-state index contributed by atoms with van der Waals surface area (Å²) in [7, 11) is 1.57. The number of phenols is 1. The highest BCUT2D eigenvalue weighted by molar-refractivity contribution is 6.02. The fourth-order valence-corrected chi connectivity index (χ4v) is 3.54. The minimum atomic E-state index is 0.202. The van der Waals surface area contributed by atoms with E-state index in [0.717, 1.165) is 22.0 Å². The van der Waals surface area contributed by atoms with E-state index in [1.54, 1.807) is 7.11 Å². The average Bonchev–Trinajstić information content (AvgIpc) is 2.58. The summed E-state index contributed by atoms with van der Waals surface area (Å²) in [6.45, 7) is 4.14. The quantitative estimate of drug-likeness (QED) is 0.327. The van der Waals surface area contributed by atoms with Crippen molar-refractivity contribution in [2.45, 2.75) is 13.8 Å². The number of methoxy groups -OCH3 is 1. The Labute approximate surface area is 134 Å². The molecule has 3 nitrogen and oxygen atoms in total. The van der Waals surface area contributed by atoms with Crippen LogP contribution in [-0.4, -0.2) is 12.2 Å². The minimum Gasteiger partial charge on any atom is -0.504 e. The second-order valence-electron chi connectivity index (χ2n) is 5.87. The molecule has 0 atom stereocenters. The van der Waals surface area contributed by atoms with E-state index in [4.69, 9.17) is 4.74 Å². The van der Waals surface area contributed by atoms with E-state index >= 15 is 0 Å². The predicted molar refractivity (Wildman–Crippen MR) is 92.3 cm³/mol. The van der Waals surface area contributed by atoms with Gasteiger partial charge in [0, 0.05) is 23.9 Å². The van der Waals surface area contributed by atoms with Gasteiger partial charge >= 0.3 is 0 Å². The Balaban J connectivity index is 2.31. The number of nitrogens with zero attached hydrogens (tertiary/aromatic N) is 1. The lowest BCUT2D eigenvalue weighted by Crippen LogP contribution is -2.27. The zero-order chi connectivity index (χ0) is 16.1. The van der Waals surface area contributed by atoms with Gasteiger partial charge in [0.1, 0.15) is 0 Å². The van der Waals surface area contributed by atoms with Crippen LogP contribution in [0.4, 0.5) is 0 Å². The third-order valence-corrected chi connectivity index (χ3v) is 4.70. The van der Waals surface area contributed by atoms with Crippen molar-refractivity contribution < 1.29 is 14.2 Å². The van der Waals surface area contributed by atoms with Gasteiger partial charge in [0.25, 0.3) is 0 Å². The highest BCUT2D eigenvalue weighted by atomic mass is 16.5. The third-order valence-electron chi connectivity index (χ3n) is 4.70. The van der Waals surface area contributed by atoms with Crippen molar-refractivity contribution in [3.63, 3.8) is 0 Å². The zero-order valence-electron chi connectivity index (χ0n) is 13.4. The molecule has 4 rings (SSSR count). The Morgan fingerprint density at radius 2 is 1.74 bits per heavy atom. The number of aryl methyl sites for hydroxylation is 2. The molecule has 0 saturated carbocycles. The Morgan fingerprint density at radius 3 is 2.52 bits per heavy atom. The number of ether oxygens (including phenoxy) is 1. The summed E-state index contributed by atoms with van der Waals surface area (Å²) in [5.74, 6) is 0.703. The molecule has 0 aliphatic heterocycles. The Bertz CT molecular complexity index is 1080. The van der Waals surface area contributed by atoms with Crippen molar-refractivity contribution >= 4 is 27.1 Å². The molecule has 23 heavy (non-hydrogen) atoms. The highest BCUT2D eigenvalue weighted by Gasteiger charge is 2.22. The van der Waals surface area contributed by atoms with Crippen molar-refractivity contribution in [2.24, 2.45) is 0 Å². The number of pyridine rings is 2. The maximum absolute atomic E-state index is 10.6. The number of benzene rings is 2. The van der Waals surface area contributed by atoms with E-state index in [0.29, 0.717) is 5.75 Å². The van der Waals surface area contributed by atoms with Gasteiger partial charge in [-0.15, -0.1) is 0 Å². The molecule has 0 aliphatic rings. The average molecular weight is 304 g/mol. The largest absolute Gasteiger partial charge is 0.504 e. The summed E-state index contributed by atoms with van der Waals surface area (Å²) in [4.78, 5) is 0. The van der Waals surface area contributed by atoms with Gasteiger partial charge in [-0.2, -0.15) is 4.40 Å². The molecule has 0 spiro atoms. The lowest BCUT2D eigenvalue weighted by Gasteiger charge is -2.11. The van der Waals surface area contributed by atoms with Crippen LogP contribution >= 0.6 is 0 Å².